The molecule has 0 aliphatic carbocycles. The molecule has 3 heteroatoms. The van der Waals surface area contributed by atoms with Crippen molar-refractivity contribution in [3.05, 3.63) is 102 Å². The zero-order valence-corrected chi connectivity index (χ0v) is 17.5. The lowest BCUT2D eigenvalue weighted by molar-refractivity contribution is -0.129. The Bertz CT molecular complexity index is 926. The second-order valence-electron chi connectivity index (χ2n) is 7.81. The molecular weight excluding hydrogens is 356 g/mol. The lowest BCUT2D eigenvalue weighted by atomic mass is 10.0. The maximum Gasteiger partial charge on any atom is 0.247 e. The molecule has 150 valence electrons. The molecule has 0 aliphatic rings. The van der Waals surface area contributed by atoms with Crippen molar-refractivity contribution in [1.82, 2.24) is 9.47 Å². The van der Waals surface area contributed by atoms with E-state index < -0.39 is 0 Å². The van der Waals surface area contributed by atoms with Crippen LogP contribution in [0.5, 0.6) is 0 Å². The van der Waals surface area contributed by atoms with E-state index >= 15 is 0 Å². The van der Waals surface area contributed by atoms with Gasteiger partial charge in [-0.05, 0) is 42.2 Å². The summed E-state index contributed by atoms with van der Waals surface area (Å²) in [4.78, 5) is 15.1. The monoisotopic (exact) mass is 386 g/mol. The quantitative estimate of drug-likeness (QED) is 0.461. The molecule has 3 aromatic rings. The van der Waals surface area contributed by atoms with Gasteiger partial charge < -0.3 is 9.47 Å². The van der Waals surface area contributed by atoms with Gasteiger partial charge in [0.05, 0.1) is 6.54 Å². The molecule has 29 heavy (non-hydrogen) atoms. The molecule has 1 atom stereocenters. The van der Waals surface area contributed by atoms with Crippen LogP contribution >= 0.6 is 0 Å². The molecule has 0 radical (unpaired) electrons. The number of rotatable bonds is 8. The van der Waals surface area contributed by atoms with Crippen molar-refractivity contribution in [2.24, 2.45) is 5.92 Å². The summed E-state index contributed by atoms with van der Waals surface area (Å²) in [7, 11) is 0. The highest BCUT2D eigenvalue weighted by Gasteiger charge is 2.22. The van der Waals surface area contributed by atoms with Gasteiger partial charge in [-0.1, -0.05) is 74.5 Å². The minimum atomic E-state index is 0.0440. The lowest BCUT2D eigenvalue weighted by Gasteiger charge is -2.31. The van der Waals surface area contributed by atoms with Crippen LogP contribution in [0.1, 0.15) is 37.6 Å². The smallest absolute Gasteiger partial charge is 0.247 e. The standard InChI is InChI=1S/C26H30N2O/c1-21(2)22(3)28(26(29)17-16-23-11-6-4-7-12-23)20-25-15-10-18-27(25)19-24-13-8-5-9-14-24/h4-18,21-22H,19-20H2,1-3H3/b17-16+. The van der Waals surface area contributed by atoms with Gasteiger partial charge in [-0.15, -0.1) is 0 Å². The van der Waals surface area contributed by atoms with Crippen LogP contribution in [-0.2, 0) is 17.9 Å². The first-order valence-corrected chi connectivity index (χ1v) is 10.3. The zero-order valence-electron chi connectivity index (χ0n) is 17.5. The number of carbonyl (C=O) groups is 1. The van der Waals surface area contributed by atoms with Gasteiger partial charge in [0.25, 0.3) is 0 Å². The number of nitrogens with zero attached hydrogens (tertiary/aromatic N) is 2. The lowest BCUT2D eigenvalue weighted by Crippen LogP contribution is -2.40. The third kappa shape index (κ3) is 5.71. The third-order valence-electron chi connectivity index (χ3n) is 5.41. The molecule has 0 aliphatic heterocycles. The number of benzene rings is 2. The Morgan fingerprint density at radius 2 is 1.59 bits per heavy atom. The Morgan fingerprint density at radius 3 is 2.24 bits per heavy atom. The third-order valence-corrected chi connectivity index (χ3v) is 5.41. The minimum absolute atomic E-state index is 0.0440. The van der Waals surface area contributed by atoms with E-state index in [4.69, 9.17) is 0 Å². The maximum absolute atomic E-state index is 13.1. The summed E-state index contributed by atoms with van der Waals surface area (Å²) < 4.78 is 2.23. The Balaban J connectivity index is 1.79. The number of hydrogen-bond donors (Lipinski definition) is 0. The first-order valence-electron chi connectivity index (χ1n) is 10.3. The van der Waals surface area contributed by atoms with Gasteiger partial charge in [0.1, 0.15) is 0 Å². The van der Waals surface area contributed by atoms with Crippen LogP contribution in [0.15, 0.2) is 85.1 Å². The molecular formula is C26H30N2O. The molecule has 1 heterocycles. The van der Waals surface area contributed by atoms with Crippen LogP contribution in [0.4, 0.5) is 0 Å². The van der Waals surface area contributed by atoms with Crippen molar-refractivity contribution in [1.29, 1.82) is 0 Å². The maximum atomic E-state index is 13.1. The first-order chi connectivity index (χ1) is 14.0. The summed E-state index contributed by atoms with van der Waals surface area (Å²) in [5.74, 6) is 0.420. The second kappa shape index (κ2) is 9.92. The zero-order chi connectivity index (χ0) is 20.6. The molecule has 0 saturated heterocycles. The van der Waals surface area contributed by atoms with Gasteiger partial charge in [-0.2, -0.15) is 0 Å². The largest absolute Gasteiger partial charge is 0.345 e. The summed E-state index contributed by atoms with van der Waals surface area (Å²) >= 11 is 0. The molecule has 0 saturated carbocycles. The van der Waals surface area contributed by atoms with Crippen LogP contribution < -0.4 is 0 Å². The Hall–Kier alpha value is -3.07. The van der Waals surface area contributed by atoms with Gasteiger partial charge in [0.2, 0.25) is 5.91 Å². The molecule has 2 aromatic carbocycles. The highest BCUT2D eigenvalue weighted by atomic mass is 16.2. The van der Waals surface area contributed by atoms with Gasteiger partial charge in [0, 0.05) is 30.6 Å². The summed E-state index contributed by atoms with van der Waals surface area (Å²) in [6.45, 7) is 7.85. The first kappa shape index (κ1) is 20.7. The van der Waals surface area contributed by atoms with E-state index in [2.05, 4.69) is 67.9 Å². The fourth-order valence-electron chi connectivity index (χ4n) is 3.31. The summed E-state index contributed by atoms with van der Waals surface area (Å²) in [6, 6.07) is 24.7. The van der Waals surface area contributed by atoms with E-state index in [1.807, 2.05) is 47.4 Å². The van der Waals surface area contributed by atoms with Crippen molar-refractivity contribution in [3.63, 3.8) is 0 Å². The van der Waals surface area contributed by atoms with Crippen LogP contribution in [0, 0.1) is 5.92 Å². The molecule has 0 N–H and O–H groups in total. The SMILES string of the molecule is CC(C)C(C)N(Cc1cccn1Cc1ccccc1)C(=O)/C=C/c1ccccc1. The Kier molecular flexibility index (Phi) is 7.07. The highest BCUT2D eigenvalue weighted by Crippen LogP contribution is 2.17. The molecule has 0 bridgehead atoms. The summed E-state index contributed by atoms with van der Waals surface area (Å²) in [5, 5.41) is 0. The van der Waals surface area contributed by atoms with Crippen molar-refractivity contribution >= 4 is 12.0 Å². The topological polar surface area (TPSA) is 25.2 Å². The Morgan fingerprint density at radius 1 is 0.931 bits per heavy atom. The average molecular weight is 387 g/mol. The fraction of sp³-hybridized carbons (Fsp3) is 0.269. The predicted molar refractivity (Wildman–Crippen MR) is 120 cm³/mol. The van der Waals surface area contributed by atoms with Gasteiger partial charge in [-0.25, -0.2) is 0 Å². The fourth-order valence-corrected chi connectivity index (χ4v) is 3.31. The van der Waals surface area contributed by atoms with Crippen LogP contribution in [0.3, 0.4) is 0 Å². The van der Waals surface area contributed by atoms with E-state index in [0.29, 0.717) is 12.5 Å². The van der Waals surface area contributed by atoms with E-state index in [0.717, 1.165) is 17.8 Å². The molecule has 1 unspecified atom stereocenters. The molecule has 1 amide bonds. The molecule has 1 aromatic heterocycles. The summed E-state index contributed by atoms with van der Waals surface area (Å²) in [5.41, 5.74) is 3.43. The molecule has 3 nitrogen and oxygen atoms in total. The number of amides is 1. The van der Waals surface area contributed by atoms with E-state index in [1.165, 1.54) is 5.56 Å². The average Bonchev–Trinajstić information content (AvgIpc) is 3.17. The van der Waals surface area contributed by atoms with Crippen molar-refractivity contribution < 1.29 is 4.79 Å². The van der Waals surface area contributed by atoms with E-state index in [-0.39, 0.29) is 11.9 Å². The summed E-state index contributed by atoms with van der Waals surface area (Å²) in [6.07, 6.45) is 5.68. The van der Waals surface area contributed by atoms with Crippen LogP contribution in [-0.4, -0.2) is 21.4 Å². The molecule has 0 fully saturated rings. The number of aromatic nitrogens is 1. The highest BCUT2D eigenvalue weighted by molar-refractivity contribution is 5.92. The normalized spacial score (nSPS) is 12.4. The predicted octanol–water partition coefficient (Wildman–Crippen LogP) is 5.62. The van der Waals surface area contributed by atoms with Crippen molar-refractivity contribution in [2.45, 2.75) is 39.9 Å². The van der Waals surface area contributed by atoms with Crippen LogP contribution in [0.2, 0.25) is 0 Å². The Labute approximate surface area is 174 Å². The van der Waals surface area contributed by atoms with Crippen LogP contribution in [0.25, 0.3) is 6.08 Å². The molecule has 3 rings (SSSR count). The minimum Gasteiger partial charge on any atom is -0.345 e. The number of hydrogen-bond acceptors (Lipinski definition) is 1. The van der Waals surface area contributed by atoms with Gasteiger partial charge >= 0.3 is 0 Å². The van der Waals surface area contributed by atoms with Gasteiger partial charge in [-0.3, -0.25) is 4.79 Å². The second-order valence-corrected chi connectivity index (χ2v) is 7.81. The number of carbonyl (C=O) groups excluding carboxylic acids is 1. The molecule has 0 spiro atoms. The van der Waals surface area contributed by atoms with Crippen molar-refractivity contribution in [2.75, 3.05) is 0 Å². The van der Waals surface area contributed by atoms with Crippen molar-refractivity contribution in [3.8, 4) is 0 Å². The van der Waals surface area contributed by atoms with E-state index in [1.54, 1.807) is 6.08 Å². The van der Waals surface area contributed by atoms with E-state index in [9.17, 15) is 4.79 Å². The van der Waals surface area contributed by atoms with Gasteiger partial charge in [0.15, 0.2) is 0 Å².